The number of carbonyl (C=O) groups is 1. The van der Waals surface area contributed by atoms with Crippen molar-refractivity contribution in [1.29, 1.82) is 0 Å². The molecule has 0 saturated carbocycles. The van der Waals surface area contributed by atoms with Gasteiger partial charge in [0.2, 0.25) is 11.9 Å². The molecule has 1 aliphatic heterocycles. The molecule has 42 heavy (non-hydrogen) atoms. The van der Waals surface area contributed by atoms with E-state index in [1.807, 2.05) is 60.1 Å². The van der Waals surface area contributed by atoms with Crippen LogP contribution in [0, 0.1) is 5.82 Å². The van der Waals surface area contributed by atoms with E-state index in [9.17, 15) is 22.4 Å². The molecule has 1 N–H and O–H groups in total. The second-order valence-electron chi connectivity index (χ2n) is 11.2. The highest BCUT2D eigenvalue weighted by Gasteiger charge is 2.49. The maximum absolute atomic E-state index is 13.7. The molecule has 10 heteroatoms. The first-order valence-corrected chi connectivity index (χ1v) is 14.3. The Labute approximate surface area is 241 Å². The van der Waals surface area contributed by atoms with Crippen molar-refractivity contribution in [3.8, 4) is 11.1 Å². The summed E-state index contributed by atoms with van der Waals surface area (Å²) in [5, 5.41) is 2.21. The van der Waals surface area contributed by atoms with Gasteiger partial charge in [0.1, 0.15) is 17.8 Å². The van der Waals surface area contributed by atoms with E-state index in [4.69, 9.17) is 0 Å². The third-order valence-electron chi connectivity index (χ3n) is 8.65. The summed E-state index contributed by atoms with van der Waals surface area (Å²) in [6, 6.07) is 19.7. The number of unbranched alkanes of at least 4 members (excludes halogenated alkanes) is 1. The van der Waals surface area contributed by atoms with Crippen molar-refractivity contribution < 1.29 is 22.4 Å². The third kappa shape index (κ3) is 5.12. The van der Waals surface area contributed by atoms with E-state index in [2.05, 4.69) is 20.1 Å². The molecule has 0 spiro atoms. The molecule has 0 unspecified atom stereocenters. The Hall–Kier alpha value is -3.92. The Morgan fingerprint density at radius 1 is 0.929 bits per heavy atom. The van der Waals surface area contributed by atoms with Crippen LogP contribution in [0.15, 0.2) is 66.7 Å². The van der Waals surface area contributed by atoms with Crippen molar-refractivity contribution in [2.24, 2.45) is 7.05 Å². The first kappa shape index (κ1) is 28.2. The molecule has 1 aromatic heterocycles. The van der Waals surface area contributed by atoms with Gasteiger partial charge in [-0.2, -0.15) is 13.2 Å². The van der Waals surface area contributed by atoms with Crippen molar-refractivity contribution in [2.75, 3.05) is 44.2 Å². The monoisotopic (exact) mass is 579 g/mol. The molecule has 0 radical (unpaired) electrons. The molecule has 1 saturated heterocycles. The summed E-state index contributed by atoms with van der Waals surface area (Å²) in [7, 11) is 1.94. The highest BCUT2D eigenvalue weighted by atomic mass is 19.4. The van der Waals surface area contributed by atoms with E-state index in [1.165, 1.54) is 12.1 Å². The zero-order valence-corrected chi connectivity index (χ0v) is 23.4. The van der Waals surface area contributed by atoms with Crippen LogP contribution in [-0.4, -0.2) is 65.8 Å². The zero-order valence-electron chi connectivity index (χ0n) is 23.4. The minimum absolute atomic E-state index is 0.304. The van der Waals surface area contributed by atoms with Gasteiger partial charge in [-0.05, 0) is 53.8 Å². The normalized spacial score (nSPS) is 16.5. The highest BCUT2D eigenvalue weighted by Crippen LogP contribution is 2.51. The number of carbonyl (C=O) groups excluding carboxylic acids is 1. The summed E-state index contributed by atoms with van der Waals surface area (Å²) >= 11 is 0. The fourth-order valence-electron chi connectivity index (χ4n) is 6.62. The van der Waals surface area contributed by atoms with Crippen LogP contribution in [0.3, 0.4) is 0 Å². The van der Waals surface area contributed by atoms with Gasteiger partial charge in [-0.1, -0.05) is 55.0 Å². The number of fused-ring (bicyclic) bond motifs is 4. The number of anilines is 1. The largest absolute Gasteiger partial charge is 0.405 e. The van der Waals surface area contributed by atoms with Crippen LogP contribution < -0.4 is 10.2 Å². The minimum atomic E-state index is -4.49. The fraction of sp³-hybridized carbons (Fsp3) is 0.375. The van der Waals surface area contributed by atoms with Crippen LogP contribution in [-0.2, 0) is 17.3 Å². The van der Waals surface area contributed by atoms with Gasteiger partial charge in [0.15, 0.2) is 0 Å². The Kier molecular flexibility index (Phi) is 7.43. The van der Waals surface area contributed by atoms with Crippen molar-refractivity contribution in [2.45, 2.75) is 30.9 Å². The number of hydrogen-bond acceptors (Lipinski definition) is 4. The number of halogens is 4. The number of imidazole rings is 1. The standard InChI is InChI=1S/C32H33F4N5O/c1-39-28-13-12-22(33)20-27(28)38-30(39)41-18-16-40(17-19-41)15-7-6-14-31(29(42)37-21-32(34,35)36)25-10-4-2-8-23(25)24-9-3-5-11-26(24)31/h2-5,8-13,20H,6-7,14-19,21H2,1H3,(H,37,42). The lowest BCUT2D eigenvalue weighted by molar-refractivity contribution is -0.141. The van der Waals surface area contributed by atoms with Gasteiger partial charge in [0, 0.05) is 39.3 Å². The van der Waals surface area contributed by atoms with E-state index in [-0.39, 0.29) is 5.82 Å². The molecule has 6 nitrogen and oxygen atoms in total. The van der Waals surface area contributed by atoms with Gasteiger partial charge in [-0.3, -0.25) is 9.69 Å². The van der Waals surface area contributed by atoms with E-state index in [1.54, 1.807) is 6.07 Å². The lowest BCUT2D eigenvalue weighted by atomic mass is 9.73. The summed E-state index contributed by atoms with van der Waals surface area (Å²) < 4.78 is 55.0. The predicted octanol–water partition coefficient (Wildman–Crippen LogP) is 5.65. The second-order valence-corrected chi connectivity index (χ2v) is 11.2. The maximum Gasteiger partial charge on any atom is 0.405 e. The minimum Gasteiger partial charge on any atom is -0.346 e. The van der Waals surface area contributed by atoms with Gasteiger partial charge in [-0.15, -0.1) is 0 Å². The van der Waals surface area contributed by atoms with Gasteiger partial charge in [-0.25, -0.2) is 9.37 Å². The zero-order chi connectivity index (χ0) is 29.5. The van der Waals surface area contributed by atoms with Crippen LogP contribution in [0.4, 0.5) is 23.5 Å². The number of aryl methyl sites for hydroxylation is 1. The second kappa shape index (κ2) is 11.1. The number of piperazine rings is 1. The number of rotatable bonds is 8. The number of hydrogen-bond donors (Lipinski definition) is 1. The lowest BCUT2D eigenvalue weighted by Gasteiger charge is -2.35. The van der Waals surface area contributed by atoms with Crippen LogP contribution in [0.25, 0.3) is 22.2 Å². The first-order valence-electron chi connectivity index (χ1n) is 14.3. The SMILES string of the molecule is Cn1c(N2CCN(CCCCC3(C(=O)NCC(F)(F)F)c4ccccc4-c4ccccc43)CC2)nc2cc(F)ccc21. The van der Waals surface area contributed by atoms with Gasteiger partial charge in [0.05, 0.1) is 11.0 Å². The molecule has 3 aromatic carbocycles. The van der Waals surface area contributed by atoms with E-state index in [0.29, 0.717) is 18.4 Å². The highest BCUT2D eigenvalue weighted by molar-refractivity contribution is 6.00. The molecule has 2 heterocycles. The van der Waals surface area contributed by atoms with Crippen molar-refractivity contribution in [1.82, 2.24) is 19.8 Å². The molecule has 2 aliphatic rings. The quantitative estimate of drug-likeness (QED) is 0.217. The van der Waals surface area contributed by atoms with E-state index >= 15 is 0 Å². The molecule has 1 aliphatic carbocycles. The van der Waals surface area contributed by atoms with Crippen molar-refractivity contribution >= 4 is 22.9 Å². The summed E-state index contributed by atoms with van der Waals surface area (Å²) in [5.41, 5.74) is 3.68. The van der Waals surface area contributed by atoms with Crippen LogP contribution in [0.1, 0.15) is 30.4 Å². The summed E-state index contributed by atoms with van der Waals surface area (Å²) in [6.07, 6.45) is -2.58. The summed E-state index contributed by atoms with van der Waals surface area (Å²) in [4.78, 5) is 22.9. The molecule has 1 amide bonds. The average Bonchev–Trinajstić information content (AvgIpc) is 3.46. The molecular weight excluding hydrogens is 546 g/mol. The Bertz CT molecular complexity index is 1560. The average molecular weight is 580 g/mol. The van der Waals surface area contributed by atoms with Crippen LogP contribution in [0.2, 0.25) is 0 Å². The Morgan fingerprint density at radius 2 is 1.57 bits per heavy atom. The van der Waals surface area contributed by atoms with Crippen LogP contribution >= 0.6 is 0 Å². The lowest BCUT2D eigenvalue weighted by Crippen LogP contribution is -2.48. The van der Waals surface area contributed by atoms with E-state index in [0.717, 1.165) is 72.9 Å². The molecule has 0 bridgehead atoms. The van der Waals surface area contributed by atoms with Gasteiger partial charge < -0.3 is 14.8 Å². The number of benzene rings is 3. The van der Waals surface area contributed by atoms with Crippen molar-refractivity contribution in [3.05, 3.63) is 83.7 Å². The van der Waals surface area contributed by atoms with Gasteiger partial charge >= 0.3 is 6.18 Å². The molecular formula is C32H33F4N5O. The molecule has 4 aromatic rings. The predicted molar refractivity (Wildman–Crippen MR) is 155 cm³/mol. The van der Waals surface area contributed by atoms with Crippen molar-refractivity contribution in [3.63, 3.8) is 0 Å². The smallest absolute Gasteiger partial charge is 0.346 e. The van der Waals surface area contributed by atoms with Crippen LogP contribution in [0.5, 0.6) is 0 Å². The third-order valence-corrected chi connectivity index (χ3v) is 8.65. The first-order chi connectivity index (χ1) is 20.2. The van der Waals surface area contributed by atoms with Gasteiger partial charge in [0.25, 0.3) is 0 Å². The summed E-state index contributed by atoms with van der Waals surface area (Å²) in [5.74, 6) is -0.0880. The molecule has 1 fully saturated rings. The number of alkyl halides is 3. The number of amides is 1. The Morgan fingerprint density at radius 3 is 2.21 bits per heavy atom. The van der Waals surface area contributed by atoms with E-state index < -0.39 is 24.0 Å². The summed E-state index contributed by atoms with van der Waals surface area (Å²) in [6.45, 7) is 2.70. The molecule has 0 atom stereocenters. The fourth-order valence-corrected chi connectivity index (χ4v) is 6.62. The topological polar surface area (TPSA) is 53.4 Å². The maximum atomic E-state index is 13.7. The molecule has 220 valence electrons. The number of aromatic nitrogens is 2. The molecule has 6 rings (SSSR count). The number of nitrogens with zero attached hydrogens (tertiary/aromatic N) is 4. The number of nitrogens with one attached hydrogen (secondary N) is 1. The Balaban J connectivity index is 1.12.